The van der Waals surface area contributed by atoms with Crippen molar-refractivity contribution in [3.8, 4) is 11.3 Å². The normalized spacial score (nSPS) is 11.0. The highest BCUT2D eigenvalue weighted by Gasteiger charge is 2.20. The van der Waals surface area contributed by atoms with Gasteiger partial charge in [-0.25, -0.2) is 9.59 Å². The minimum Gasteiger partial charge on any atom is -0.476 e. The SMILES string of the molecule is O=C(O)c1noc(-c2ccc3oc(=O)[nH]c3c2)c1Br. The van der Waals surface area contributed by atoms with Gasteiger partial charge in [-0.1, -0.05) is 5.16 Å². The Bertz CT molecular complexity index is 844. The number of aromatic nitrogens is 2. The molecule has 0 saturated carbocycles. The van der Waals surface area contributed by atoms with Crippen LogP contribution < -0.4 is 5.76 Å². The van der Waals surface area contributed by atoms with Crippen LogP contribution in [0, 0.1) is 0 Å². The zero-order chi connectivity index (χ0) is 13.6. The van der Waals surface area contributed by atoms with Crippen molar-refractivity contribution in [2.24, 2.45) is 0 Å². The summed E-state index contributed by atoms with van der Waals surface area (Å²) >= 11 is 3.13. The Morgan fingerprint density at radius 1 is 1.42 bits per heavy atom. The van der Waals surface area contributed by atoms with Gasteiger partial charge in [-0.2, -0.15) is 0 Å². The Hall–Kier alpha value is -2.35. The number of benzene rings is 1. The molecule has 3 rings (SSSR count). The molecule has 0 amide bonds. The second-order valence-corrected chi connectivity index (χ2v) is 4.50. The van der Waals surface area contributed by atoms with E-state index in [0.717, 1.165) is 0 Å². The van der Waals surface area contributed by atoms with Gasteiger partial charge in [0.1, 0.15) is 4.47 Å². The van der Waals surface area contributed by atoms with Gasteiger partial charge in [0, 0.05) is 5.56 Å². The Labute approximate surface area is 112 Å². The van der Waals surface area contributed by atoms with Crippen molar-refractivity contribution >= 4 is 33.0 Å². The third-order valence-corrected chi connectivity index (χ3v) is 3.25. The van der Waals surface area contributed by atoms with Gasteiger partial charge < -0.3 is 14.0 Å². The fourth-order valence-corrected chi connectivity index (χ4v) is 2.23. The zero-order valence-electron chi connectivity index (χ0n) is 9.14. The van der Waals surface area contributed by atoms with Crippen molar-refractivity contribution in [1.82, 2.24) is 10.1 Å². The van der Waals surface area contributed by atoms with E-state index in [1.807, 2.05) is 0 Å². The Morgan fingerprint density at radius 3 is 2.89 bits per heavy atom. The molecule has 0 spiro atoms. The maximum atomic E-state index is 11.1. The molecule has 19 heavy (non-hydrogen) atoms. The average molecular weight is 325 g/mol. The van der Waals surface area contributed by atoms with Crippen LogP contribution in [0.2, 0.25) is 0 Å². The molecule has 2 heterocycles. The summed E-state index contributed by atoms with van der Waals surface area (Å²) in [7, 11) is 0. The molecule has 0 radical (unpaired) electrons. The smallest absolute Gasteiger partial charge is 0.417 e. The largest absolute Gasteiger partial charge is 0.476 e. The third kappa shape index (κ3) is 1.85. The van der Waals surface area contributed by atoms with E-state index in [2.05, 4.69) is 26.1 Å². The number of carboxylic acids is 1. The first-order chi connectivity index (χ1) is 9.06. The van der Waals surface area contributed by atoms with Crippen molar-refractivity contribution in [2.75, 3.05) is 0 Å². The van der Waals surface area contributed by atoms with Crippen molar-refractivity contribution in [3.05, 3.63) is 38.9 Å². The maximum Gasteiger partial charge on any atom is 0.417 e. The Balaban J connectivity index is 2.18. The van der Waals surface area contributed by atoms with Crippen LogP contribution in [-0.4, -0.2) is 21.2 Å². The lowest BCUT2D eigenvalue weighted by molar-refractivity contribution is 0.0685. The number of halogens is 1. The van der Waals surface area contributed by atoms with Crippen LogP contribution >= 0.6 is 15.9 Å². The van der Waals surface area contributed by atoms with Gasteiger partial charge in [0.05, 0.1) is 5.52 Å². The number of aromatic carboxylic acids is 1. The molecule has 0 unspecified atom stereocenters. The minimum atomic E-state index is -1.19. The molecule has 3 aromatic rings. The molecule has 2 aromatic heterocycles. The van der Waals surface area contributed by atoms with Crippen molar-refractivity contribution in [2.45, 2.75) is 0 Å². The van der Waals surface area contributed by atoms with Crippen LogP contribution in [0.1, 0.15) is 10.5 Å². The van der Waals surface area contributed by atoms with E-state index in [4.69, 9.17) is 14.0 Å². The molecule has 96 valence electrons. The number of H-pyrrole nitrogens is 1. The lowest BCUT2D eigenvalue weighted by Crippen LogP contribution is -1.96. The van der Waals surface area contributed by atoms with E-state index in [0.29, 0.717) is 16.7 Å². The molecule has 0 aliphatic heterocycles. The summed E-state index contributed by atoms with van der Waals surface area (Å²) in [6, 6.07) is 4.82. The number of fused-ring (bicyclic) bond motifs is 1. The second-order valence-electron chi connectivity index (χ2n) is 3.70. The maximum absolute atomic E-state index is 11.1. The third-order valence-electron chi connectivity index (χ3n) is 2.52. The Kier molecular flexibility index (Phi) is 2.53. The van der Waals surface area contributed by atoms with Crippen molar-refractivity contribution < 1.29 is 18.8 Å². The summed E-state index contributed by atoms with van der Waals surface area (Å²) in [4.78, 5) is 24.4. The first-order valence-corrected chi connectivity index (χ1v) is 5.87. The predicted molar refractivity (Wildman–Crippen MR) is 67.0 cm³/mol. The molecule has 2 N–H and O–H groups in total. The Morgan fingerprint density at radius 2 is 2.21 bits per heavy atom. The van der Waals surface area contributed by atoms with Gasteiger partial charge in [-0.3, -0.25) is 4.98 Å². The highest BCUT2D eigenvalue weighted by Crippen LogP contribution is 2.32. The van der Waals surface area contributed by atoms with E-state index >= 15 is 0 Å². The first-order valence-electron chi connectivity index (χ1n) is 5.08. The molecule has 7 nitrogen and oxygen atoms in total. The number of nitrogens with zero attached hydrogens (tertiary/aromatic N) is 1. The van der Waals surface area contributed by atoms with Crippen LogP contribution in [-0.2, 0) is 0 Å². The number of nitrogens with one attached hydrogen (secondary N) is 1. The molecule has 0 bridgehead atoms. The molecule has 0 saturated heterocycles. The number of hydrogen-bond acceptors (Lipinski definition) is 5. The molecular weight excluding hydrogens is 320 g/mol. The first kappa shape index (κ1) is 11.7. The van der Waals surface area contributed by atoms with Crippen LogP contribution in [0.15, 0.2) is 36.4 Å². The number of hydrogen-bond donors (Lipinski definition) is 2. The molecule has 0 fully saturated rings. The van der Waals surface area contributed by atoms with Crippen LogP contribution in [0.5, 0.6) is 0 Å². The average Bonchev–Trinajstić information content (AvgIpc) is 2.89. The van der Waals surface area contributed by atoms with E-state index in [1.54, 1.807) is 18.2 Å². The van der Waals surface area contributed by atoms with Crippen molar-refractivity contribution in [3.63, 3.8) is 0 Å². The van der Waals surface area contributed by atoms with Gasteiger partial charge in [-0.15, -0.1) is 0 Å². The number of oxazole rings is 1. The van der Waals surface area contributed by atoms with Crippen molar-refractivity contribution in [1.29, 1.82) is 0 Å². The summed E-state index contributed by atoms with van der Waals surface area (Å²) in [6.07, 6.45) is 0. The second kappa shape index (κ2) is 4.09. The van der Waals surface area contributed by atoms with E-state index in [1.165, 1.54) is 0 Å². The van der Waals surface area contributed by atoms with E-state index < -0.39 is 11.7 Å². The summed E-state index contributed by atoms with van der Waals surface area (Å²) in [6.45, 7) is 0. The summed E-state index contributed by atoms with van der Waals surface area (Å²) < 4.78 is 10.1. The zero-order valence-corrected chi connectivity index (χ0v) is 10.7. The lowest BCUT2D eigenvalue weighted by atomic mass is 10.1. The number of aromatic amines is 1. The standard InChI is InChI=1S/C11H5BrN2O5/c12-7-8(10(15)16)14-19-9(7)4-1-2-6-5(3-4)13-11(17)18-6/h1-3H,(H,13,17)(H,15,16). The van der Waals surface area contributed by atoms with Gasteiger partial charge in [0.25, 0.3) is 0 Å². The van der Waals surface area contributed by atoms with Crippen LogP contribution in [0.4, 0.5) is 0 Å². The topological polar surface area (TPSA) is 109 Å². The van der Waals surface area contributed by atoms with Gasteiger partial charge in [0.2, 0.25) is 5.69 Å². The molecule has 0 aliphatic carbocycles. The van der Waals surface area contributed by atoms with Gasteiger partial charge in [-0.05, 0) is 34.1 Å². The predicted octanol–water partition coefficient (Wildman–Crippen LogP) is 2.24. The molecule has 0 aliphatic rings. The lowest BCUT2D eigenvalue weighted by Gasteiger charge is -1.96. The minimum absolute atomic E-state index is 0.212. The fourth-order valence-electron chi connectivity index (χ4n) is 1.68. The molecular formula is C11H5BrN2O5. The monoisotopic (exact) mass is 324 g/mol. The van der Waals surface area contributed by atoms with E-state index in [9.17, 15) is 9.59 Å². The number of rotatable bonds is 2. The molecule has 1 aromatic carbocycles. The van der Waals surface area contributed by atoms with E-state index in [-0.39, 0.29) is 15.9 Å². The van der Waals surface area contributed by atoms with Gasteiger partial charge >= 0.3 is 11.7 Å². The highest BCUT2D eigenvalue weighted by atomic mass is 79.9. The van der Waals surface area contributed by atoms with Crippen LogP contribution in [0.3, 0.4) is 0 Å². The summed E-state index contributed by atoms with van der Waals surface area (Å²) in [5, 5.41) is 12.3. The number of carboxylic acid groups (broad SMARTS) is 1. The highest BCUT2D eigenvalue weighted by molar-refractivity contribution is 9.10. The van der Waals surface area contributed by atoms with Crippen LogP contribution in [0.25, 0.3) is 22.4 Å². The van der Waals surface area contributed by atoms with Gasteiger partial charge in [0.15, 0.2) is 11.3 Å². The fraction of sp³-hybridized carbons (Fsp3) is 0. The summed E-state index contributed by atoms with van der Waals surface area (Å²) in [5.41, 5.74) is 1.25. The molecule has 8 heteroatoms. The molecule has 0 atom stereocenters. The summed E-state index contributed by atoms with van der Waals surface area (Å²) in [5.74, 6) is -1.49. The quantitative estimate of drug-likeness (QED) is 0.748. The number of carbonyl (C=O) groups is 1.